The Morgan fingerprint density at radius 2 is 1.80 bits per heavy atom. The minimum Gasteiger partial charge on any atom is -0.388 e. The van der Waals surface area contributed by atoms with E-state index >= 15 is 0 Å². The van der Waals surface area contributed by atoms with E-state index in [1.807, 2.05) is 25.2 Å². The lowest BCUT2D eigenvalue weighted by Crippen LogP contribution is -2.36. The molecule has 2 amide bonds. The van der Waals surface area contributed by atoms with E-state index in [1.54, 1.807) is 13.1 Å². The van der Waals surface area contributed by atoms with Crippen LogP contribution in [0.15, 0.2) is 40.1 Å². The van der Waals surface area contributed by atoms with Crippen LogP contribution >= 0.6 is 11.8 Å². The third kappa shape index (κ3) is 2.82. The van der Waals surface area contributed by atoms with Crippen LogP contribution in [0, 0.1) is 10.1 Å². The van der Waals surface area contributed by atoms with Crippen molar-refractivity contribution in [3.05, 3.63) is 40.4 Å². The first-order chi connectivity index (χ1) is 12.0. The van der Waals surface area contributed by atoms with E-state index < -0.39 is 4.92 Å². The van der Waals surface area contributed by atoms with Crippen LogP contribution in [0.25, 0.3) is 0 Å². The van der Waals surface area contributed by atoms with E-state index in [-0.39, 0.29) is 11.7 Å². The zero-order valence-electron chi connectivity index (χ0n) is 13.9. The first-order valence-corrected chi connectivity index (χ1v) is 8.33. The van der Waals surface area contributed by atoms with Crippen LogP contribution in [-0.4, -0.2) is 32.1 Å². The molecule has 3 rings (SSSR count). The molecule has 0 saturated carbocycles. The van der Waals surface area contributed by atoms with Crippen LogP contribution < -0.4 is 20.9 Å². The fourth-order valence-electron chi connectivity index (χ4n) is 2.68. The van der Waals surface area contributed by atoms with Gasteiger partial charge in [0.2, 0.25) is 0 Å². The summed E-state index contributed by atoms with van der Waals surface area (Å²) in [5, 5.41) is 19.9. The molecular formula is C16H17N5O3S. The third-order valence-corrected chi connectivity index (χ3v) is 5.00. The van der Waals surface area contributed by atoms with E-state index in [1.165, 1.54) is 29.8 Å². The molecule has 2 aromatic rings. The topological polar surface area (TPSA) is 99.5 Å². The summed E-state index contributed by atoms with van der Waals surface area (Å²) in [5.41, 5.74) is 2.41. The summed E-state index contributed by atoms with van der Waals surface area (Å²) in [4.78, 5) is 26.5. The minimum absolute atomic E-state index is 0.0777. The van der Waals surface area contributed by atoms with Crippen LogP contribution in [0.2, 0.25) is 0 Å². The van der Waals surface area contributed by atoms with Crippen molar-refractivity contribution < 1.29 is 9.72 Å². The van der Waals surface area contributed by atoms with Gasteiger partial charge in [0.05, 0.1) is 16.3 Å². The van der Waals surface area contributed by atoms with E-state index in [0.717, 1.165) is 15.5 Å². The molecule has 0 radical (unpaired) electrons. The molecule has 25 heavy (non-hydrogen) atoms. The van der Waals surface area contributed by atoms with Crippen LogP contribution in [0.1, 0.15) is 0 Å². The smallest absolute Gasteiger partial charge is 0.326 e. The lowest BCUT2D eigenvalue weighted by atomic mass is 10.2. The molecule has 1 heterocycles. The summed E-state index contributed by atoms with van der Waals surface area (Å²) >= 11 is 1.47. The standard InChI is InChI=1S/C16H17N5O3S/c1-17-9-4-5-11-14(6-9)25-15-7-10(18-2)12(21(23)24)8-13(15)20(11)16(22)19-3/h4-8,17-18H,1-3H3,(H,19,22). The first-order valence-electron chi connectivity index (χ1n) is 7.51. The quantitative estimate of drug-likeness (QED) is 0.572. The van der Waals surface area contributed by atoms with Gasteiger partial charge >= 0.3 is 6.03 Å². The van der Waals surface area contributed by atoms with Gasteiger partial charge in [-0.05, 0) is 24.3 Å². The number of nitro groups is 1. The van der Waals surface area contributed by atoms with Gasteiger partial charge in [-0.3, -0.25) is 15.0 Å². The largest absolute Gasteiger partial charge is 0.388 e. The number of rotatable bonds is 3. The molecule has 0 bridgehead atoms. The minimum atomic E-state index is -0.460. The van der Waals surface area contributed by atoms with Gasteiger partial charge in [0.25, 0.3) is 5.69 Å². The summed E-state index contributed by atoms with van der Waals surface area (Å²) in [6.45, 7) is 0. The predicted molar refractivity (Wildman–Crippen MR) is 99.3 cm³/mol. The van der Waals surface area contributed by atoms with E-state index in [0.29, 0.717) is 17.1 Å². The van der Waals surface area contributed by atoms with E-state index in [4.69, 9.17) is 0 Å². The number of amides is 2. The van der Waals surface area contributed by atoms with Crippen molar-refractivity contribution in [2.45, 2.75) is 9.79 Å². The number of carbonyl (C=O) groups is 1. The average Bonchev–Trinajstić information content (AvgIpc) is 2.63. The highest BCUT2D eigenvalue weighted by atomic mass is 32.2. The molecule has 130 valence electrons. The maximum atomic E-state index is 12.5. The molecular weight excluding hydrogens is 342 g/mol. The van der Waals surface area contributed by atoms with E-state index in [9.17, 15) is 14.9 Å². The summed E-state index contributed by atoms with van der Waals surface area (Å²) in [7, 11) is 4.98. The number of anilines is 4. The third-order valence-electron chi connectivity index (χ3n) is 3.91. The Balaban J connectivity index is 2.24. The fourth-order valence-corrected chi connectivity index (χ4v) is 3.80. The molecule has 0 aromatic heterocycles. The highest BCUT2D eigenvalue weighted by molar-refractivity contribution is 7.99. The zero-order valence-corrected chi connectivity index (χ0v) is 14.7. The summed E-state index contributed by atoms with van der Waals surface area (Å²) in [6.07, 6.45) is 0. The Kier molecular flexibility index (Phi) is 4.41. The molecule has 2 aromatic carbocycles. The van der Waals surface area contributed by atoms with Gasteiger partial charge in [0.1, 0.15) is 5.69 Å². The Labute approximate surface area is 148 Å². The second-order valence-corrected chi connectivity index (χ2v) is 6.35. The van der Waals surface area contributed by atoms with Gasteiger partial charge in [-0.2, -0.15) is 0 Å². The molecule has 0 fully saturated rings. The number of benzene rings is 2. The van der Waals surface area contributed by atoms with Crippen molar-refractivity contribution in [1.82, 2.24) is 5.32 Å². The number of carbonyl (C=O) groups excluding carboxylic acids is 1. The highest BCUT2D eigenvalue weighted by Crippen LogP contribution is 2.51. The molecule has 0 aliphatic carbocycles. The fraction of sp³-hybridized carbons (Fsp3) is 0.188. The number of nitro benzene ring substituents is 1. The summed E-state index contributed by atoms with van der Waals surface area (Å²) in [6, 6.07) is 8.40. The Morgan fingerprint density at radius 1 is 1.08 bits per heavy atom. The van der Waals surface area contributed by atoms with Crippen molar-refractivity contribution in [2.24, 2.45) is 0 Å². The number of nitrogens with one attached hydrogen (secondary N) is 3. The molecule has 0 atom stereocenters. The number of hydrogen-bond donors (Lipinski definition) is 3. The second kappa shape index (κ2) is 6.52. The van der Waals surface area contributed by atoms with Gasteiger partial charge < -0.3 is 16.0 Å². The van der Waals surface area contributed by atoms with Crippen molar-refractivity contribution in [1.29, 1.82) is 0 Å². The number of urea groups is 1. The summed E-state index contributed by atoms with van der Waals surface area (Å²) < 4.78 is 0. The monoisotopic (exact) mass is 359 g/mol. The molecule has 0 spiro atoms. The van der Waals surface area contributed by atoms with Gasteiger partial charge in [0.15, 0.2) is 0 Å². The molecule has 0 saturated heterocycles. The maximum absolute atomic E-state index is 12.5. The zero-order chi connectivity index (χ0) is 18.1. The molecule has 3 N–H and O–H groups in total. The normalized spacial score (nSPS) is 12.0. The lowest BCUT2D eigenvalue weighted by molar-refractivity contribution is -0.383. The van der Waals surface area contributed by atoms with Gasteiger partial charge in [-0.1, -0.05) is 11.8 Å². The van der Waals surface area contributed by atoms with E-state index in [2.05, 4.69) is 16.0 Å². The number of nitrogens with zero attached hydrogens (tertiary/aromatic N) is 2. The van der Waals surface area contributed by atoms with Gasteiger partial charge in [-0.15, -0.1) is 0 Å². The van der Waals surface area contributed by atoms with Crippen LogP contribution in [0.3, 0.4) is 0 Å². The molecule has 1 aliphatic heterocycles. The Morgan fingerprint density at radius 3 is 2.40 bits per heavy atom. The summed E-state index contributed by atoms with van der Waals surface area (Å²) in [5.74, 6) is 0. The Bertz CT molecular complexity index is 871. The van der Waals surface area contributed by atoms with Crippen LogP contribution in [-0.2, 0) is 0 Å². The highest BCUT2D eigenvalue weighted by Gasteiger charge is 2.31. The molecule has 8 nitrogen and oxygen atoms in total. The molecule has 0 unspecified atom stereocenters. The van der Waals surface area contributed by atoms with Gasteiger partial charge in [-0.25, -0.2) is 4.79 Å². The molecule has 9 heteroatoms. The second-order valence-electron chi connectivity index (χ2n) is 5.27. The first kappa shape index (κ1) is 16.9. The predicted octanol–water partition coefficient (Wildman–Crippen LogP) is 3.62. The Hall–Kier alpha value is -2.94. The average molecular weight is 359 g/mol. The maximum Gasteiger partial charge on any atom is 0.326 e. The number of hydrogen-bond acceptors (Lipinski definition) is 6. The lowest BCUT2D eigenvalue weighted by Gasteiger charge is -2.31. The van der Waals surface area contributed by atoms with Crippen molar-refractivity contribution >= 4 is 46.2 Å². The van der Waals surface area contributed by atoms with Crippen molar-refractivity contribution in [2.75, 3.05) is 36.7 Å². The van der Waals surface area contributed by atoms with Crippen LogP contribution in [0.5, 0.6) is 0 Å². The van der Waals surface area contributed by atoms with Crippen molar-refractivity contribution in [3.8, 4) is 0 Å². The van der Waals surface area contributed by atoms with Crippen molar-refractivity contribution in [3.63, 3.8) is 0 Å². The van der Waals surface area contributed by atoms with Gasteiger partial charge in [0, 0.05) is 42.7 Å². The SMILES string of the molecule is CNC(=O)N1c2ccc(NC)cc2Sc2cc(NC)c([N+](=O)[O-])cc21. The molecule has 1 aliphatic rings. The van der Waals surface area contributed by atoms with Crippen LogP contribution in [0.4, 0.5) is 33.2 Å². The number of fused-ring (bicyclic) bond motifs is 2.